The van der Waals surface area contributed by atoms with Gasteiger partial charge in [-0.2, -0.15) is 5.26 Å². The number of hydrogen-bond donors (Lipinski definition) is 0. The summed E-state index contributed by atoms with van der Waals surface area (Å²) in [4.78, 5) is 13.2. The van der Waals surface area contributed by atoms with Crippen molar-refractivity contribution in [3.8, 4) is 6.07 Å². The zero-order chi connectivity index (χ0) is 11.5. The molecule has 0 N–H and O–H groups in total. The van der Waals surface area contributed by atoms with Crippen LogP contribution in [0.3, 0.4) is 0 Å². The topological polar surface area (TPSA) is 53.3 Å². The Morgan fingerprint density at radius 1 is 1.60 bits per heavy atom. The number of carbonyl (C=O) groups excluding carboxylic acids is 1. The molecule has 1 aliphatic heterocycles. The first-order valence-electron chi connectivity index (χ1n) is 5.03. The minimum atomic E-state index is -0.489. The van der Waals surface area contributed by atoms with Gasteiger partial charge in [-0.05, 0) is 33.6 Å². The van der Waals surface area contributed by atoms with Gasteiger partial charge in [-0.25, -0.2) is 4.79 Å². The van der Waals surface area contributed by atoms with Crippen molar-refractivity contribution in [1.82, 2.24) is 4.90 Å². The van der Waals surface area contributed by atoms with E-state index >= 15 is 0 Å². The van der Waals surface area contributed by atoms with Gasteiger partial charge in [-0.3, -0.25) is 4.90 Å². The van der Waals surface area contributed by atoms with Crippen LogP contribution in [-0.2, 0) is 4.74 Å². The van der Waals surface area contributed by atoms with Gasteiger partial charge in [-0.1, -0.05) is 0 Å². The van der Waals surface area contributed by atoms with Crippen molar-refractivity contribution >= 4 is 6.09 Å². The lowest BCUT2D eigenvalue weighted by atomic mass is 10.2. The van der Waals surface area contributed by atoms with Crippen LogP contribution in [0.5, 0.6) is 0 Å². The maximum atomic E-state index is 11.7. The smallest absolute Gasteiger partial charge is 0.414 e. The summed E-state index contributed by atoms with van der Waals surface area (Å²) < 4.78 is 5.23. The van der Waals surface area contributed by atoms with E-state index in [1.807, 2.05) is 26.8 Å². The van der Waals surface area contributed by atoms with Crippen molar-refractivity contribution in [2.24, 2.45) is 0 Å². The summed E-state index contributed by atoms with van der Waals surface area (Å²) >= 11 is 0. The van der Waals surface area contributed by atoms with Crippen LogP contribution < -0.4 is 0 Å². The molecule has 0 aliphatic carbocycles. The standard InChI is InChI=1S/C11H16N2O2/c1-11(2,3)15-10(14)13-8-4-5-9(13)6-7-12/h6H,4-5,8H2,1-3H3/b9-6-. The van der Waals surface area contributed by atoms with E-state index in [1.54, 1.807) is 0 Å². The molecule has 0 radical (unpaired) electrons. The molecule has 0 saturated carbocycles. The SMILES string of the molecule is CC(C)(C)OC(=O)N1CCC/C1=C/C#N. The molecule has 0 bridgehead atoms. The zero-order valence-electron chi connectivity index (χ0n) is 9.41. The summed E-state index contributed by atoms with van der Waals surface area (Å²) in [5, 5.41) is 8.55. The molecule has 1 rings (SSSR count). The summed E-state index contributed by atoms with van der Waals surface area (Å²) in [6, 6.07) is 1.95. The van der Waals surface area contributed by atoms with E-state index in [9.17, 15) is 4.79 Å². The van der Waals surface area contributed by atoms with E-state index in [1.165, 1.54) is 11.0 Å². The predicted molar refractivity (Wildman–Crippen MR) is 55.9 cm³/mol. The van der Waals surface area contributed by atoms with Gasteiger partial charge in [0.1, 0.15) is 5.60 Å². The van der Waals surface area contributed by atoms with Crippen molar-refractivity contribution in [2.45, 2.75) is 39.2 Å². The summed E-state index contributed by atoms with van der Waals surface area (Å²) in [5.41, 5.74) is 0.268. The number of rotatable bonds is 0. The van der Waals surface area contributed by atoms with Gasteiger partial charge < -0.3 is 4.74 Å². The minimum absolute atomic E-state index is 0.360. The van der Waals surface area contributed by atoms with Crippen molar-refractivity contribution < 1.29 is 9.53 Å². The monoisotopic (exact) mass is 208 g/mol. The third kappa shape index (κ3) is 3.28. The second kappa shape index (κ2) is 4.35. The fourth-order valence-electron chi connectivity index (χ4n) is 1.45. The second-order valence-corrected chi connectivity index (χ2v) is 4.50. The number of amides is 1. The van der Waals surface area contributed by atoms with Crippen molar-refractivity contribution in [1.29, 1.82) is 5.26 Å². The van der Waals surface area contributed by atoms with Gasteiger partial charge in [-0.15, -0.1) is 0 Å². The third-order valence-corrected chi connectivity index (χ3v) is 2.01. The van der Waals surface area contributed by atoms with Crippen LogP contribution in [0.25, 0.3) is 0 Å². The zero-order valence-corrected chi connectivity index (χ0v) is 9.41. The molecule has 0 spiro atoms. The lowest BCUT2D eigenvalue weighted by Gasteiger charge is -2.24. The molecule has 15 heavy (non-hydrogen) atoms. The Morgan fingerprint density at radius 2 is 2.27 bits per heavy atom. The Morgan fingerprint density at radius 3 is 2.80 bits per heavy atom. The van der Waals surface area contributed by atoms with Crippen LogP contribution >= 0.6 is 0 Å². The maximum absolute atomic E-state index is 11.7. The molecule has 0 aromatic carbocycles. The molecule has 1 saturated heterocycles. The molecular formula is C11H16N2O2. The molecule has 0 atom stereocenters. The van der Waals surface area contributed by atoms with Gasteiger partial charge in [0, 0.05) is 18.3 Å². The highest BCUT2D eigenvalue weighted by molar-refractivity contribution is 5.71. The maximum Gasteiger partial charge on any atom is 0.414 e. The molecule has 4 nitrogen and oxygen atoms in total. The van der Waals surface area contributed by atoms with Gasteiger partial charge in [0.2, 0.25) is 0 Å². The minimum Gasteiger partial charge on any atom is -0.443 e. The van der Waals surface area contributed by atoms with E-state index in [0.29, 0.717) is 6.54 Å². The van der Waals surface area contributed by atoms with Crippen molar-refractivity contribution in [2.75, 3.05) is 6.54 Å². The van der Waals surface area contributed by atoms with Crippen LogP contribution in [-0.4, -0.2) is 23.1 Å². The quantitative estimate of drug-likeness (QED) is 0.574. The first-order chi connectivity index (χ1) is 6.94. The fraction of sp³-hybridized carbons (Fsp3) is 0.636. The molecule has 0 unspecified atom stereocenters. The van der Waals surface area contributed by atoms with Crippen LogP contribution in [0.1, 0.15) is 33.6 Å². The first-order valence-corrected chi connectivity index (χ1v) is 5.03. The lowest BCUT2D eigenvalue weighted by Crippen LogP contribution is -2.34. The number of nitrogens with zero attached hydrogens (tertiary/aromatic N) is 2. The van der Waals surface area contributed by atoms with Gasteiger partial charge in [0.15, 0.2) is 0 Å². The normalized spacial score (nSPS) is 19.1. The third-order valence-electron chi connectivity index (χ3n) is 2.01. The molecular weight excluding hydrogens is 192 g/mol. The molecule has 1 amide bonds. The lowest BCUT2D eigenvalue weighted by molar-refractivity contribution is 0.0339. The molecule has 82 valence electrons. The highest BCUT2D eigenvalue weighted by Crippen LogP contribution is 2.23. The molecule has 1 aliphatic rings. The largest absolute Gasteiger partial charge is 0.443 e. The molecule has 4 heteroatoms. The molecule has 0 aromatic rings. The molecule has 0 aromatic heterocycles. The van der Waals surface area contributed by atoms with Gasteiger partial charge in [0.25, 0.3) is 0 Å². The Balaban J connectivity index is 2.68. The van der Waals surface area contributed by atoms with E-state index < -0.39 is 5.60 Å². The van der Waals surface area contributed by atoms with E-state index in [-0.39, 0.29) is 6.09 Å². The van der Waals surface area contributed by atoms with Crippen molar-refractivity contribution in [3.05, 3.63) is 11.8 Å². The van der Waals surface area contributed by atoms with Crippen molar-refractivity contribution in [3.63, 3.8) is 0 Å². The van der Waals surface area contributed by atoms with Gasteiger partial charge in [0.05, 0.1) is 6.07 Å². The number of nitriles is 1. The fourth-order valence-corrected chi connectivity index (χ4v) is 1.45. The van der Waals surface area contributed by atoms with E-state index in [2.05, 4.69) is 0 Å². The average Bonchev–Trinajstić information content (AvgIpc) is 2.49. The van der Waals surface area contributed by atoms with Crippen LogP contribution in [0.2, 0.25) is 0 Å². The number of carbonyl (C=O) groups is 1. The number of likely N-dealkylation sites (tertiary alicyclic amines) is 1. The summed E-state index contributed by atoms with van der Waals surface area (Å²) in [6.07, 6.45) is 2.72. The second-order valence-electron chi connectivity index (χ2n) is 4.50. The summed E-state index contributed by atoms with van der Waals surface area (Å²) in [7, 11) is 0. The highest BCUT2D eigenvalue weighted by atomic mass is 16.6. The van der Waals surface area contributed by atoms with Gasteiger partial charge >= 0.3 is 6.09 Å². The van der Waals surface area contributed by atoms with Crippen LogP contribution in [0.4, 0.5) is 4.79 Å². The molecule has 1 heterocycles. The first kappa shape index (κ1) is 11.6. The number of ether oxygens (including phenoxy) is 1. The average molecular weight is 208 g/mol. The Labute approximate surface area is 90.1 Å². The Kier molecular flexibility index (Phi) is 3.35. The van der Waals surface area contributed by atoms with Crippen LogP contribution in [0, 0.1) is 11.3 Å². The van der Waals surface area contributed by atoms with Crippen LogP contribution in [0.15, 0.2) is 11.8 Å². The highest BCUT2D eigenvalue weighted by Gasteiger charge is 2.27. The molecule has 1 fully saturated rings. The van der Waals surface area contributed by atoms with E-state index in [4.69, 9.17) is 10.00 Å². The van der Waals surface area contributed by atoms with E-state index in [0.717, 1.165) is 18.5 Å². The summed E-state index contributed by atoms with van der Waals surface area (Å²) in [5.74, 6) is 0. The number of allylic oxidation sites excluding steroid dienone is 2. The Hall–Kier alpha value is -1.50. The number of hydrogen-bond acceptors (Lipinski definition) is 3. The summed E-state index contributed by atoms with van der Waals surface area (Å²) in [6.45, 7) is 6.13. The Bertz CT molecular complexity index is 320. The predicted octanol–water partition coefficient (Wildman–Crippen LogP) is 2.42.